The maximum Gasteiger partial charge on any atom is 0.221 e. The monoisotopic (exact) mass is 399 g/mol. The first kappa shape index (κ1) is 17.0. The third-order valence-corrected chi connectivity index (χ3v) is 4.04. The number of halogens is 1. The first-order valence-electron chi connectivity index (χ1n) is 7.64. The van der Waals surface area contributed by atoms with Gasteiger partial charge in [-0.3, -0.25) is 9.48 Å². The largest absolute Gasteiger partial charge is 0.397 e. The SMILES string of the molecule is CC(=O)Nc1cc(Br)cc(Nc2ccc(-c3cnn(C)c3)cc2N)c1. The van der Waals surface area contributed by atoms with Gasteiger partial charge in [0.25, 0.3) is 0 Å². The van der Waals surface area contributed by atoms with Gasteiger partial charge in [0.2, 0.25) is 5.91 Å². The minimum atomic E-state index is -0.121. The average molecular weight is 400 g/mol. The predicted octanol–water partition coefficient (Wildman–Crippen LogP) is 4.13. The van der Waals surface area contributed by atoms with Crippen LogP contribution in [-0.4, -0.2) is 15.7 Å². The Balaban J connectivity index is 1.86. The van der Waals surface area contributed by atoms with Gasteiger partial charge in [-0.25, -0.2) is 0 Å². The second-order valence-corrected chi connectivity index (χ2v) is 6.66. The first-order chi connectivity index (χ1) is 11.9. The first-order valence-corrected chi connectivity index (χ1v) is 8.44. The summed E-state index contributed by atoms with van der Waals surface area (Å²) in [5.41, 5.74) is 11.2. The standard InChI is InChI=1S/C18H18BrN5O/c1-11(25)22-15-6-14(19)7-16(8-15)23-18-4-3-12(5-17(18)20)13-9-21-24(2)10-13/h3-10,23H,20H2,1-2H3,(H,22,25). The van der Waals surface area contributed by atoms with Crippen molar-refractivity contribution in [2.75, 3.05) is 16.4 Å². The molecule has 0 spiro atoms. The van der Waals surface area contributed by atoms with Gasteiger partial charge in [-0.05, 0) is 35.9 Å². The molecule has 0 bridgehead atoms. The molecule has 0 unspecified atom stereocenters. The number of anilines is 4. The van der Waals surface area contributed by atoms with Gasteiger partial charge in [0.05, 0.1) is 17.6 Å². The number of carbonyl (C=O) groups is 1. The number of aryl methyl sites for hydroxylation is 1. The van der Waals surface area contributed by atoms with E-state index in [9.17, 15) is 4.79 Å². The van der Waals surface area contributed by atoms with Crippen LogP contribution in [0.25, 0.3) is 11.1 Å². The summed E-state index contributed by atoms with van der Waals surface area (Å²) in [5.74, 6) is -0.121. The maximum absolute atomic E-state index is 11.2. The van der Waals surface area contributed by atoms with Crippen LogP contribution in [0.15, 0.2) is 53.3 Å². The Hall–Kier alpha value is -2.80. The Morgan fingerprint density at radius 1 is 1.16 bits per heavy atom. The van der Waals surface area contributed by atoms with Crippen molar-refractivity contribution in [3.8, 4) is 11.1 Å². The number of rotatable bonds is 4. The quantitative estimate of drug-likeness (QED) is 0.575. The highest BCUT2D eigenvalue weighted by atomic mass is 79.9. The zero-order valence-electron chi connectivity index (χ0n) is 13.9. The molecule has 128 valence electrons. The van der Waals surface area contributed by atoms with E-state index in [1.807, 2.05) is 49.6 Å². The zero-order chi connectivity index (χ0) is 18.0. The van der Waals surface area contributed by atoms with Crippen LogP contribution in [0.5, 0.6) is 0 Å². The van der Waals surface area contributed by atoms with Crippen molar-refractivity contribution >= 4 is 44.6 Å². The van der Waals surface area contributed by atoms with Crippen molar-refractivity contribution in [1.29, 1.82) is 0 Å². The van der Waals surface area contributed by atoms with Gasteiger partial charge in [0, 0.05) is 41.6 Å². The molecule has 25 heavy (non-hydrogen) atoms. The Bertz CT molecular complexity index is 935. The second-order valence-electron chi connectivity index (χ2n) is 5.74. The van der Waals surface area contributed by atoms with E-state index in [0.717, 1.165) is 27.0 Å². The van der Waals surface area contributed by atoms with Crippen molar-refractivity contribution in [1.82, 2.24) is 9.78 Å². The van der Waals surface area contributed by atoms with Gasteiger partial charge in [-0.1, -0.05) is 22.0 Å². The lowest BCUT2D eigenvalue weighted by Crippen LogP contribution is -2.06. The third-order valence-electron chi connectivity index (χ3n) is 3.59. The molecule has 7 heteroatoms. The number of carbonyl (C=O) groups excluding carboxylic acids is 1. The molecule has 1 heterocycles. The Morgan fingerprint density at radius 2 is 1.92 bits per heavy atom. The van der Waals surface area contributed by atoms with Gasteiger partial charge in [-0.15, -0.1) is 0 Å². The molecule has 1 amide bonds. The highest BCUT2D eigenvalue weighted by Gasteiger charge is 2.07. The summed E-state index contributed by atoms with van der Waals surface area (Å²) in [6, 6.07) is 11.4. The van der Waals surface area contributed by atoms with Crippen LogP contribution >= 0.6 is 15.9 Å². The number of nitrogens with zero attached hydrogens (tertiary/aromatic N) is 2. The zero-order valence-corrected chi connectivity index (χ0v) is 15.5. The number of aromatic nitrogens is 2. The molecule has 2 aromatic carbocycles. The summed E-state index contributed by atoms with van der Waals surface area (Å²) >= 11 is 3.45. The number of amides is 1. The molecule has 0 aliphatic rings. The molecular formula is C18H18BrN5O. The molecule has 0 saturated heterocycles. The summed E-state index contributed by atoms with van der Waals surface area (Å²) in [6.07, 6.45) is 3.74. The van der Waals surface area contributed by atoms with E-state index in [4.69, 9.17) is 5.73 Å². The summed E-state index contributed by atoms with van der Waals surface area (Å²) in [6.45, 7) is 1.48. The Morgan fingerprint density at radius 3 is 2.56 bits per heavy atom. The molecule has 6 nitrogen and oxygen atoms in total. The van der Waals surface area contributed by atoms with Crippen molar-refractivity contribution in [3.05, 3.63) is 53.3 Å². The number of nitrogen functional groups attached to an aromatic ring is 1. The molecule has 3 rings (SSSR count). The molecule has 0 atom stereocenters. The van der Waals surface area contributed by atoms with Crippen LogP contribution in [0.2, 0.25) is 0 Å². The van der Waals surface area contributed by atoms with Gasteiger partial charge in [0.1, 0.15) is 0 Å². The maximum atomic E-state index is 11.2. The fourth-order valence-electron chi connectivity index (χ4n) is 2.52. The van der Waals surface area contributed by atoms with E-state index in [-0.39, 0.29) is 5.91 Å². The van der Waals surface area contributed by atoms with Crippen molar-refractivity contribution in [3.63, 3.8) is 0 Å². The molecule has 0 fully saturated rings. The summed E-state index contributed by atoms with van der Waals surface area (Å²) in [7, 11) is 1.88. The summed E-state index contributed by atoms with van der Waals surface area (Å²) < 4.78 is 2.61. The van der Waals surface area contributed by atoms with Crippen LogP contribution in [0, 0.1) is 0 Å². The number of hydrogen-bond donors (Lipinski definition) is 3. The highest BCUT2D eigenvalue weighted by molar-refractivity contribution is 9.10. The number of benzene rings is 2. The topological polar surface area (TPSA) is 85.0 Å². The highest BCUT2D eigenvalue weighted by Crippen LogP contribution is 2.31. The van der Waals surface area contributed by atoms with Crippen molar-refractivity contribution < 1.29 is 4.79 Å². The molecule has 0 aliphatic carbocycles. The van der Waals surface area contributed by atoms with Crippen LogP contribution < -0.4 is 16.4 Å². The molecule has 0 aliphatic heterocycles. The molecular weight excluding hydrogens is 382 g/mol. The van der Waals surface area contributed by atoms with E-state index in [2.05, 4.69) is 31.7 Å². The second kappa shape index (κ2) is 6.98. The van der Waals surface area contributed by atoms with Gasteiger partial charge in [0.15, 0.2) is 0 Å². The third kappa shape index (κ3) is 4.19. The summed E-state index contributed by atoms with van der Waals surface area (Å²) in [5, 5.41) is 10.2. The van der Waals surface area contributed by atoms with Crippen LogP contribution in [0.4, 0.5) is 22.7 Å². The van der Waals surface area contributed by atoms with E-state index < -0.39 is 0 Å². The fourth-order valence-corrected chi connectivity index (χ4v) is 3.01. The van der Waals surface area contributed by atoms with Gasteiger partial charge < -0.3 is 16.4 Å². The van der Waals surface area contributed by atoms with Gasteiger partial charge in [-0.2, -0.15) is 5.10 Å². The lowest BCUT2D eigenvalue weighted by atomic mass is 10.1. The number of nitrogens with one attached hydrogen (secondary N) is 2. The number of nitrogens with two attached hydrogens (primary N) is 1. The average Bonchev–Trinajstić information content (AvgIpc) is 2.94. The Labute approximate surface area is 154 Å². The molecule has 0 saturated carbocycles. The van der Waals surface area contributed by atoms with Crippen LogP contribution in [-0.2, 0) is 11.8 Å². The lowest BCUT2D eigenvalue weighted by Gasteiger charge is -2.13. The van der Waals surface area contributed by atoms with Crippen LogP contribution in [0.3, 0.4) is 0 Å². The van der Waals surface area contributed by atoms with E-state index in [1.54, 1.807) is 10.9 Å². The lowest BCUT2D eigenvalue weighted by molar-refractivity contribution is -0.114. The molecule has 3 aromatic rings. The predicted molar refractivity (Wildman–Crippen MR) is 105 cm³/mol. The van der Waals surface area contributed by atoms with E-state index in [0.29, 0.717) is 11.4 Å². The fraction of sp³-hybridized carbons (Fsp3) is 0.111. The smallest absolute Gasteiger partial charge is 0.221 e. The Kier molecular flexibility index (Phi) is 4.76. The number of hydrogen-bond acceptors (Lipinski definition) is 4. The molecule has 0 radical (unpaired) electrons. The van der Waals surface area contributed by atoms with E-state index in [1.165, 1.54) is 6.92 Å². The van der Waals surface area contributed by atoms with Crippen LogP contribution in [0.1, 0.15) is 6.92 Å². The minimum Gasteiger partial charge on any atom is -0.397 e. The van der Waals surface area contributed by atoms with E-state index >= 15 is 0 Å². The minimum absolute atomic E-state index is 0.121. The summed E-state index contributed by atoms with van der Waals surface area (Å²) in [4.78, 5) is 11.2. The molecule has 4 N–H and O–H groups in total. The normalized spacial score (nSPS) is 10.5. The van der Waals surface area contributed by atoms with Gasteiger partial charge >= 0.3 is 0 Å². The molecule has 1 aromatic heterocycles. The van der Waals surface area contributed by atoms with Crippen molar-refractivity contribution in [2.45, 2.75) is 6.92 Å². The van der Waals surface area contributed by atoms with Crippen molar-refractivity contribution in [2.24, 2.45) is 7.05 Å².